The van der Waals surface area contributed by atoms with E-state index in [-0.39, 0.29) is 23.4 Å². The molecule has 0 fully saturated rings. The van der Waals surface area contributed by atoms with E-state index in [0.717, 1.165) is 11.8 Å². The molecule has 2 aromatic carbocycles. The number of carbonyl (C=O) groups excluding carboxylic acids is 1. The third-order valence-electron chi connectivity index (χ3n) is 3.97. The Morgan fingerprint density at radius 2 is 1.81 bits per heavy atom. The van der Waals surface area contributed by atoms with Gasteiger partial charge in [-0.05, 0) is 35.9 Å². The summed E-state index contributed by atoms with van der Waals surface area (Å²) in [7, 11) is -3.33. The van der Waals surface area contributed by atoms with Gasteiger partial charge in [-0.15, -0.1) is 0 Å². The van der Waals surface area contributed by atoms with Crippen molar-refractivity contribution in [3.05, 3.63) is 84.3 Å². The minimum absolute atomic E-state index is 0.0311. The first kappa shape index (κ1) is 18.9. The lowest BCUT2D eigenvalue weighted by molar-refractivity contribution is -0.115. The molecule has 2 N–H and O–H groups in total. The molecule has 1 heterocycles. The number of sulfone groups is 1. The standard InChI is InChI=1S/C20H20N2O4S/c1-27(24,25)17-10-5-9-16(13-17)22-19(23)14-21-20(18-11-6-12-26-18)15-7-3-2-4-8-15/h2-13,20-21H,14H2,1H3,(H,22,23)/t20-/m0/s1. The van der Waals surface area contributed by atoms with Gasteiger partial charge in [-0.1, -0.05) is 36.4 Å². The van der Waals surface area contributed by atoms with Crippen LogP contribution in [0.25, 0.3) is 0 Å². The number of hydrogen-bond acceptors (Lipinski definition) is 5. The molecule has 0 aliphatic rings. The molecule has 0 radical (unpaired) electrons. The molecule has 1 aromatic heterocycles. The van der Waals surface area contributed by atoms with Crippen molar-refractivity contribution in [3.8, 4) is 0 Å². The topological polar surface area (TPSA) is 88.4 Å². The van der Waals surface area contributed by atoms with Gasteiger partial charge in [0.1, 0.15) is 5.76 Å². The molecule has 140 valence electrons. The molecule has 1 atom stereocenters. The van der Waals surface area contributed by atoms with Gasteiger partial charge in [-0.25, -0.2) is 8.42 Å². The molecular weight excluding hydrogens is 364 g/mol. The molecule has 27 heavy (non-hydrogen) atoms. The fourth-order valence-electron chi connectivity index (χ4n) is 2.69. The Morgan fingerprint density at radius 3 is 2.48 bits per heavy atom. The first-order valence-corrected chi connectivity index (χ1v) is 10.2. The normalized spacial score (nSPS) is 12.5. The number of benzene rings is 2. The van der Waals surface area contributed by atoms with Crippen LogP contribution in [0.1, 0.15) is 17.4 Å². The van der Waals surface area contributed by atoms with Crippen molar-refractivity contribution in [2.24, 2.45) is 0 Å². The molecule has 0 saturated carbocycles. The Bertz CT molecular complexity index is 999. The van der Waals surface area contributed by atoms with Gasteiger partial charge in [0.2, 0.25) is 5.91 Å². The van der Waals surface area contributed by atoms with Gasteiger partial charge in [-0.2, -0.15) is 0 Å². The number of amides is 1. The molecule has 0 aliphatic carbocycles. The van der Waals surface area contributed by atoms with E-state index in [1.807, 2.05) is 36.4 Å². The number of nitrogens with one attached hydrogen (secondary N) is 2. The molecule has 0 aliphatic heterocycles. The van der Waals surface area contributed by atoms with Crippen molar-refractivity contribution in [3.63, 3.8) is 0 Å². The van der Waals surface area contributed by atoms with Crippen LogP contribution >= 0.6 is 0 Å². The Kier molecular flexibility index (Phi) is 5.73. The maximum atomic E-state index is 12.3. The molecule has 7 heteroatoms. The number of furan rings is 1. The largest absolute Gasteiger partial charge is 0.467 e. The van der Waals surface area contributed by atoms with Gasteiger partial charge in [0.15, 0.2) is 9.84 Å². The summed E-state index contributed by atoms with van der Waals surface area (Å²) in [5.41, 5.74) is 1.40. The highest BCUT2D eigenvalue weighted by Crippen LogP contribution is 2.22. The van der Waals surface area contributed by atoms with Crippen LogP contribution < -0.4 is 10.6 Å². The second-order valence-electron chi connectivity index (χ2n) is 6.09. The van der Waals surface area contributed by atoms with Crippen LogP contribution in [0, 0.1) is 0 Å². The Labute approximate surface area is 158 Å². The van der Waals surface area contributed by atoms with Gasteiger partial charge < -0.3 is 9.73 Å². The number of carbonyl (C=O) groups is 1. The van der Waals surface area contributed by atoms with Crippen molar-refractivity contribution in [1.82, 2.24) is 5.32 Å². The first-order chi connectivity index (χ1) is 12.9. The summed E-state index contributed by atoms with van der Waals surface area (Å²) in [4.78, 5) is 12.5. The first-order valence-electron chi connectivity index (χ1n) is 8.35. The lowest BCUT2D eigenvalue weighted by Gasteiger charge is -2.17. The van der Waals surface area contributed by atoms with Gasteiger partial charge in [-0.3, -0.25) is 10.1 Å². The van der Waals surface area contributed by atoms with Crippen LogP contribution in [0.2, 0.25) is 0 Å². The summed E-state index contributed by atoms with van der Waals surface area (Å²) >= 11 is 0. The highest BCUT2D eigenvalue weighted by Gasteiger charge is 2.17. The summed E-state index contributed by atoms with van der Waals surface area (Å²) in [5, 5.41) is 5.89. The molecular formula is C20H20N2O4S. The van der Waals surface area contributed by atoms with Crippen LogP contribution in [-0.4, -0.2) is 27.1 Å². The zero-order chi connectivity index (χ0) is 19.3. The maximum absolute atomic E-state index is 12.3. The molecule has 6 nitrogen and oxygen atoms in total. The number of hydrogen-bond donors (Lipinski definition) is 2. The fraction of sp³-hybridized carbons (Fsp3) is 0.150. The van der Waals surface area contributed by atoms with Crippen molar-refractivity contribution in [1.29, 1.82) is 0 Å². The zero-order valence-corrected chi connectivity index (χ0v) is 15.6. The average Bonchev–Trinajstić information content (AvgIpc) is 3.17. The summed E-state index contributed by atoms with van der Waals surface area (Å²) in [6, 6.07) is 19.2. The van der Waals surface area contributed by atoms with Crippen LogP contribution in [0.4, 0.5) is 5.69 Å². The third-order valence-corrected chi connectivity index (χ3v) is 5.08. The predicted molar refractivity (Wildman–Crippen MR) is 103 cm³/mol. The van der Waals surface area contributed by atoms with E-state index in [2.05, 4.69) is 10.6 Å². The van der Waals surface area contributed by atoms with E-state index < -0.39 is 9.84 Å². The van der Waals surface area contributed by atoms with Crippen LogP contribution in [0.3, 0.4) is 0 Å². The fourth-order valence-corrected chi connectivity index (χ4v) is 3.35. The smallest absolute Gasteiger partial charge is 0.238 e. The maximum Gasteiger partial charge on any atom is 0.238 e. The van der Waals surface area contributed by atoms with E-state index in [4.69, 9.17) is 4.42 Å². The van der Waals surface area contributed by atoms with E-state index >= 15 is 0 Å². The molecule has 0 unspecified atom stereocenters. The average molecular weight is 384 g/mol. The Hall–Kier alpha value is -2.90. The highest BCUT2D eigenvalue weighted by molar-refractivity contribution is 7.90. The summed E-state index contributed by atoms with van der Waals surface area (Å²) in [5.74, 6) is 0.418. The second-order valence-corrected chi connectivity index (χ2v) is 8.10. The molecule has 0 bridgehead atoms. The van der Waals surface area contributed by atoms with Crippen molar-refractivity contribution in [2.75, 3.05) is 18.1 Å². The van der Waals surface area contributed by atoms with Gasteiger partial charge >= 0.3 is 0 Å². The Morgan fingerprint density at radius 1 is 1.04 bits per heavy atom. The van der Waals surface area contributed by atoms with Gasteiger partial charge in [0.05, 0.1) is 23.7 Å². The minimum atomic E-state index is -3.33. The number of rotatable bonds is 7. The molecule has 0 spiro atoms. The van der Waals surface area contributed by atoms with Crippen molar-refractivity contribution < 1.29 is 17.6 Å². The number of anilines is 1. The SMILES string of the molecule is CS(=O)(=O)c1cccc(NC(=O)CN[C@@H](c2ccccc2)c2ccco2)c1. The lowest BCUT2D eigenvalue weighted by Crippen LogP contribution is -2.31. The monoisotopic (exact) mass is 384 g/mol. The molecule has 0 saturated heterocycles. The summed E-state index contributed by atoms with van der Waals surface area (Å²) < 4.78 is 28.8. The highest BCUT2D eigenvalue weighted by atomic mass is 32.2. The second kappa shape index (κ2) is 8.20. The summed E-state index contributed by atoms with van der Waals surface area (Å²) in [6.07, 6.45) is 2.72. The minimum Gasteiger partial charge on any atom is -0.467 e. The van der Waals surface area contributed by atoms with E-state index in [0.29, 0.717) is 11.4 Å². The van der Waals surface area contributed by atoms with Crippen LogP contribution in [-0.2, 0) is 14.6 Å². The molecule has 3 rings (SSSR count). The lowest BCUT2D eigenvalue weighted by atomic mass is 10.0. The van der Waals surface area contributed by atoms with E-state index in [1.54, 1.807) is 24.5 Å². The summed E-state index contributed by atoms with van der Waals surface area (Å²) in [6.45, 7) is 0.0311. The Balaban J connectivity index is 1.68. The van der Waals surface area contributed by atoms with Crippen LogP contribution in [0.5, 0.6) is 0 Å². The van der Waals surface area contributed by atoms with E-state index in [1.165, 1.54) is 12.1 Å². The molecule has 3 aromatic rings. The zero-order valence-electron chi connectivity index (χ0n) is 14.8. The van der Waals surface area contributed by atoms with Gasteiger partial charge in [0, 0.05) is 11.9 Å². The van der Waals surface area contributed by atoms with Gasteiger partial charge in [0.25, 0.3) is 0 Å². The quantitative estimate of drug-likeness (QED) is 0.654. The third kappa shape index (κ3) is 5.06. The van der Waals surface area contributed by atoms with Crippen molar-refractivity contribution in [2.45, 2.75) is 10.9 Å². The van der Waals surface area contributed by atoms with Crippen molar-refractivity contribution >= 4 is 21.4 Å². The van der Waals surface area contributed by atoms with E-state index in [9.17, 15) is 13.2 Å². The predicted octanol–water partition coefficient (Wildman–Crippen LogP) is 3.00. The molecule has 1 amide bonds. The van der Waals surface area contributed by atoms with Crippen LogP contribution in [0.15, 0.2) is 82.3 Å².